The van der Waals surface area contributed by atoms with Gasteiger partial charge in [0.15, 0.2) is 0 Å². The van der Waals surface area contributed by atoms with Crippen LogP contribution in [-0.4, -0.2) is 29.3 Å². The summed E-state index contributed by atoms with van der Waals surface area (Å²) < 4.78 is 0. The summed E-state index contributed by atoms with van der Waals surface area (Å²) in [5.74, 6) is 0.459. The van der Waals surface area contributed by atoms with Gasteiger partial charge in [-0.25, -0.2) is 0 Å². The molecule has 0 unspecified atom stereocenters. The van der Waals surface area contributed by atoms with Gasteiger partial charge in [0.25, 0.3) is 0 Å². The normalized spacial score (nSPS) is 25.8. The Morgan fingerprint density at radius 1 is 1.00 bits per heavy atom. The summed E-state index contributed by atoms with van der Waals surface area (Å²) in [6.45, 7) is 8.41. The van der Waals surface area contributed by atoms with Crippen LogP contribution in [0.2, 0.25) is 0 Å². The largest absolute Gasteiger partial charge is 0.300 e. The molecule has 2 heteroatoms. The molecule has 0 aromatic carbocycles. The SMILES string of the molecule is CC.CC1(N2CCC(=O)CC2)CCCCC1. The third-order valence-electron chi connectivity index (χ3n) is 4.02. The molecule has 2 rings (SSSR count). The highest BCUT2D eigenvalue weighted by atomic mass is 16.1. The van der Waals surface area contributed by atoms with Crippen molar-refractivity contribution in [3.63, 3.8) is 0 Å². The maximum absolute atomic E-state index is 11.2. The molecule has 1 saturated carbocycles. The van der Waals surface area contributed by atoms with Crippen molar-refractivity contribution < 1.29 is 4.79 Å². The molecule has 0 bridgehead atoms. The molecule has 1 aliphatic heterocycles. The first-order valence-corrected chi connectivity index (χ1v) is 6.97. The first-order chi connectivity index (χ1) is 7.71. The molecule has 16 heavy (non-hydrogen) atoms. The van der Waals surface area contributed by atoms with Crippen molar-refractivity contribution in [2.75, 3.05) is 13.1 Å². The second-order valence-electron chi connectivity index (χ2n) is 5.08. The first kappa shape index (κ1) is 13.7. The molecule has 2 aliphatic rings. The van der Waals surface area contributed by atoms with E-state index in [0.29, 0.717) is 11.3 Å². The predicted molar refractivity (Wildman–Crippen MR) is 68.7 cm³/mol. The average Bonchev–Trinajstić information content (AvgIpc) is 2.33. The number of carbonyl (C=O) groups excluding carboxylic acids is 1. The molecule has 0 radical (unpaired) electrons. The highest BCUT2D eigenvalue weighted by molar-refractivity contribution is 5.79. The van der Waals surface area contributed by atoms with Gasteiger partial charge in [-0.1, -0.05) is 33.1 Å². The molecule has 94 valence electrons. The Labute approximate surface area is 100 Å². The van der Waals surface area contributed by atoms with E-state index in [2.05, 4.69) is 11.8 Å². The molecule has 0 atom stereocenters. The van der Waals surface area contributed by atoms with Crippen LogP contribution < -0.4 is 0 Å². The summed E-state index contributed by atoms with van der Waals surface area (Å²) in [6.07, 6.45) is 8.40. The van der Waals surface area contributed by atoms with Gasteiger partial charge < -0.3 is 0 Å². The van der Waals surface area contributed by atoms with Crippen molar-refractivity contribution in [3.8, 4) is 0 Å². The molecule has 2 nitrogen and oxygen atoms in total. The van der Waals surface area contributed by atoms with Crippen molar-refractivity contribution >= 4 is 5.78 Å². The molecular formula is C14H27NO. The van der Waals surface area contributed by atoms with Crippen LogP contribution in [0.1, 0.15) is 65.7 Å². The van der Waals surface area contributed by atoms with Gasteiger partial charge in [-0.2, -0.15) is 0 Å². The van der Waals surface area contributed by atoms with Gasteiger partial charge in [-0.3, -0.25) is 9.69 Å². The number of Topliss-reactive ketones (excluding diaryl/α,β-unsaturated/α-hetero) is 1. The minimum absolute atomic E-state index is 0.416. The van der Waals surface area contributed by atoms with Crippen molar-refractivity contribution in [3.05, 3.63) is 0 Å². The number of ketones is 1. The van der Waals surface area contributed by atoms with E-state index in [4.69, 9.17) is 0 Å². The molecule has 0 N–H and O–H groups in total. The van der Waals surface area contributed by atoms with Gasteiger partial charge in [-0.05, 0) is 19.8 Å². The molecule has 0 aromatic rings. The molecule has 2 fully saturated rings. The van der Waals surface area contributed by atoms with Crippen molar-refractivity contribution in [2.24, 2.45) is 0 Å². The Morgan fingerprint density at radius 2 is 1.50 bits per heavy atom. The summed E-state index contributed by atoms with van der Waals surface area (Å²) in [5, 5.41) is 0. The second-order valence-corrected chi connectivity index (χ2v) is 5.08. The van der Waals surface area contributed by atoms with Crippen LogP contribution in [0.25, 0.3) is 0 Å². The van der Waals surface area contributed by atoms with Crippen LogP contribution in [0, 0.1) is 0 Å². The minimum Gasteiger partial charge on any atom is -0.300 e. The van der Waals surface area contributed by atoms with Gasteiger partial charge in [0.05, 0.1) is 0 Å². The fourth-order valence-electron chi connectivity index (χ4n) is 2.93. The van der Waals surface area contributed by atoms with Gasteiger partial charge >= 0.3 is 0 Å². The highest BCUT2D eigenvalue weighted by Gasteiger charge is 2.34. The third-order valence-corrected chi connectivity index (χ3v) is 4.02. The maximum atomic E-state index is 11.2. The number of piperidine rings is 1. The van der Waals surface area contributed by atoms with Crippen LogP contribution in [0.5, 0.6) is 0 Å². The lowest BCUT2D eigenvalue weighted by Crippen LogP contribution is -2.51. The summed E-state index contributed by atoms with van der Waals surface area (Å²) in [4.78, 5) is 13.7. The van der Waals surface area contributed by atoms with Gasteiger partial charge in [0.1, 0.15) is 5.78 Å². The maximum Gasteiger partial charge on any atom is 0.135 e. The summed E-state index contributed by atoms with van der Waals surface area (Å²) in [7, 11) is 0. The zero-order valence-electron chi connectivity index (χ0n) is 11.2. The van der Waals surface area contributed by atoms with Crippen LogP contribution in [0.3, 0.4) is 0 Å². The zero-order valence-corrected chi connectivity index (χ0v) is 11.2. The fraction of sp³-hybridized carbons (Fsp3) is 0.929. The van der Waals surface area contributed by atoms with Gasteiger partial charge in [-0.15, -0.1) is 0 Å². The molecular weight excluding hydrogens is 198 g/mol. The molecule has 0 aromatic heterocycles. The quantitative estimate of drug-likeness (QED) is 0.681. The van der Waals surface area contributed by atoms with E-state index in [1.54, 1.807) is 0 Å². The Hall–Kier alpha value is -0.370. The topological polar surface area (TPSA) is 20.3 Å². The molecule has 0 amide bonds. The monoisotopic (exact) mass is 225 g/mol. The Morgan fingerprint density at radius 3 is 2.00 bits per heavy atom. The average molecular weight is 225 g/mol. The van der Waals surface area contributed by atoms with E-state index in [-0.39, 0.29) is 0 Å². The van der Waals surface area contributed by atoms with E-state index < -0.39 is 0 Å². The number of hydrogen-bond acceptors (Lipinski definition) is 2. The van der Waals surface area contributed by atoms with Crippen LogP contribution in [-0.2, 0) is 4.79 Å². The predicted octanol–water partition coefficient (Wildman–Crippen LogP) is 3.40. The van der Waals surface area contributed by atoms with E-state index in [0.717, 1.165) is 25.9 Å². The highest BCUT2D eigenvalue weighted by Crippen LogP contribution is 2.34. The molecule has 1 aliphatic carbocycles. The minimum atomic E-state index is 0.416. The number of likely N-dealkylation sites (tertiary alicyclic amines) is 1. The van der Waals surface area contributed by atoms with Crippen molar-refractivity contribution in [1.29, 1.82) is 0 Å². The first-order valence-electron chi connectivity index (χ1n) is 6.97. The molecule has 1 saturated heterocycles. The summed E-state index contributed by atoms with van der Waals surface area (Å²) in [6, 6.07) is 0. The van der Waals surface area contributed by atoms with Crippen LogP contribution >= 0.6 is 0 Å². The Kier molecular flexibility index (Phi) is 5.47. The Bertz CT molecular complexity index is 209. The number of hydrogen-bond donors (Lipinski definition) is 0. The Balaban J connectivity index is 0.000000606. The summed E-state index contributed by atoms with van der Waals surface area (Å²) >= 11 is 0. The molecule has 0 spiro atoms. The van der Waals surface area contributed by atoms with E-state index >= 15 is 0 Å². The third kappa shape index (κ3) is 3.31. The van der Waals surface area contributed by atoms with Gasteiger partial charge in [0.2, 0.25) is 0 Å². The lowest BCUT2D eigenvalue weighted by molar-refractivity contribution is -0.123. The standard InChI is InChI=1S/C12H21NO.C2H6/c1-12(7-3-2-4-8-12)13-9-5-11(14)6-10-13;1-2/h2-10H2,1H3;1-2H3. The second kappa shape index (κ2) is 6.39. The lowest BCUT2D eigenvalue weighted by Gasteiger charge is -2.45. The van der Waals surface area contributed by atoms with Crippen molar-refractivity contribution in [2.45, 2.75) is 71.3 Å². The van der Waals surface area contributed by atoms with Crippen LogP contribution in [0.15, 0.2) is 0 Å². The fourth-order valence-corrected chi connectivity index (χ4v) is 2.93. The van der Waals surface area contributed by atoms with E-state index in [1.807, 2.05) is 13.8 Å². The smallest absolute Gasteiger partial charge is 0.135 e. The number of carbonyl (C=O) groups is 1. The molecule has 1 heterocycles. The van der Waals surface area contributed by atoms with Crippen molar-refractivity contribution in [1.82, 2.24) is 4.90 Å². The number of rotatable bonds is 1. The van der Waals surface area contributed by atoms with Crippen LogP contribution in [0.4, 0.5) is 0 Å². The zero-order chi connectivity index (χ0) is 12.0. The van der Waals surface area contributed by atoms with E-state index in [1.165, 1.54) is 32.1 Å². The van der Waals surface area contributed by atoms with Gasteiger partial charge in [0, 0.05) is 31.5 Å². The van der Waals surface area contributed by atoms with E-state index in [9.17, 15) is 4.79 Å². The number of nitrogens with zero attached hydrogens (tertiary/aromatic N) is 1. The lowest BCUT2D eigenvalue weighted by atomic mass is 9.81. The summed E-state index contributed by atoms with van der Waals surface area (Å²) in [5.41, 5.74) is 0.416.